The lowest BCUT2D eigenvalue weighted by molar-refractivity contribution is -0.130. The highest BCUT2D eigenvalue weighted by molar-refractivity contribution is 6.25. The molecule has 25 heavy (non-hydrogen) atoms. The first kappa shape index (κ1) is 14.4. The minimum Gasteiger partial charge on any atom is -0.324 e. The van der Waals surface area contributed by atoms with Gasteiger partial charge in [-0.25, -0.2) is 4.90 Å². The summed E-state index contributed by atoms with van der Waals surface area (Å²) < 4.78 is 0. The first-order chi connectivity index (χ1) is 12.1. The van der Waals surface area contributed by atoms with Crippen molar-refractivity contribution in [3.8, 4) is 0 Å². The number of carbonyl (C=O) groups excluding carboxylic acids is 3. The summed E-state index contributed by atoms with van der Waals surface area (Å²) in [6.07, 6.45) is 0. The highest BCUT2D eigenvalue weighted by Crippen LogP contribution is 2.51. The zero-order valence-corrected chi connectivity index (χ0v) is 13.2. The minimum absolute atomic E-state index is 0.247. The van der Waals surface area contributed by atoms with Gasteiger partial charge in [0.2, 0.25) is 17.7 Å². The Bertz CT molecular complexity index is 927. The molecule has 2 N–H and O–H groups in total. The summed E-state index contributed by atoms with van der Waals surface area (Å²) in [5.74, 6) is -2.11. The normalized spacial score (nSPS) is 29.9. The lowest BCUT2D eigenvalue weighted by Gasteiger charge is -2.28. The van der Waals surface area contributed by atoms with Gasteiger partial charge in [-0.1, -0.05) is 36.4 Å². The Labute approximate surface area is 143 Å². The maximum atomic E-state index is 13.2. The van der Waals surface area contributed by atoms with Gasteiger partial charge in [0.1, 0.15) is 5.54 Å². The molecule has 6 nitrogen and oxygen atoms in total. The number of hydrogen-bond donors (Lipinski definition) is 2. The third kappa shape index (κ3) is 1.64. The lowest BCUT2D eigenvalue weighted by Crippen LogP contribution is -2.51. The fraction of sp³-hybridized carbons (Fsp3) is 0.211. The predicted molar refractivity (Wildman–Crippen MR) is 90.7 cm³/mol. The SMILES string of the molecule is O=C1C2CNC3(C(=O)Nc4ccccc43)C2C(=O)N1c1ccccc1. The number of fused-ring (bicyclic) bond motifs is 4. The van der Waals surface area contributed by atoms with E-state index < -0.39 is 17.4 Å². The van der Waals surface area contributed by atoms with E-state index in [0.717, 1.165) is 5.56 Å². The summed E-state index contributed by atoms with van der Waals surface area (Å²) in [7, 11) is 0. The van der Waals surface area contributed by atoms with Crippen molar-refractivity contribution >= 4 is 29.1 Å². The molecule has 2 aromatic carbocycles. The molecule has 0 bridgehead atoms. The number of imide groups is 1. The fourth-order valence-electron chi connectivity index (χ4n) is 4.40. The second-order valence-corrected chi connectivity index (χ2v) is 6.62. The summed E-state index contributed by atoms with van der Waals surface area (Å²) in [4.78, 5) is 40.2. The van der Waals surface area contributed by atoms with Crippen LogP contribution in [0.2, 0.25) is 0 Å². The van der Waals surface area contributed by atoms with Crippen molar-refractivity contribution in [1.29, 1.82) is 0 Å². The zero-order chi connectivity index (χ0) is 17.2. The van der Waals surface area contributed by atoms with Crippen molar-refractivity contribution in [3.63, 3.8) is 0 Å². The van der Waals surface area contributed by atoms with Gasteiger partial charge in [0, 0.05) is 17.8 Å². The van der Waals surface area contributed by atoms with Crippen LogP contribution in [-0.4, -0.2) is 24.3 Å². The Hall–Kier alpha value is -2.99. The van der Waals surface area contributed by atoms with Crippen LogP contribution in [0.25, 0.3) is 0 Å². The molecular formula is C19H15N3O3. The van der Waals surface area contributed by atoms with Gasteiger partial charge in [-0.15, -0.1) is 0 Å². The molecule has 0 saturated carbocycles. The van der Waals surface area contributed by atoms with Gasteiger partial charge in [-0.05, 0) is 18.2 Å². The molecule has 3 aliphatic heterocycles. The van der Waals surface area contributed by atoms with Gasteiger partial charge in [0.05, 0.1) is 17.5 Å². The van der Waals surface area contributed by atoms with E-state index in [9.17, 15) is 14.4 Å². The van der Waals surface area contributed by atoms with Crippen LogP contribution in [0.3, 0.4) is 0 Å². The number of hydrogen-bond acceptors (Lipinski definition) is 4. The molecule has 0 radical (unpaired) electrons. The summed E-state index contributed by atoms with van der Waals surface area (Å²) >= 11 is 0. The van der Waals surface area contributed by atoms with E-state index >= 15 is 0 Å². The van der Waals surface area contributed by atoms with Gasteiger partial charge in [0.25, 0.3) is 0 Å². The topological polar surface area (TPSA) is 78.5 Å². The summed E-state index contributed by atoms with van der Waals surface area (Å²) in [5, 5.41) is 6.04. The maximum Gasteiger partial charge on any atom is 0.250 e. The minimum atomic E-state index is -1.17. The van der Waals surface area contributed by atoms with Crippen molar-refractivity contribution < 1.29 is 14.4 Å². The van der Waals surface area contributed by atoms with Crippen LogP contribution in [0.4, 0.5) is 11.4 Å². The molecule has 3 unspecified atom stereocenters. The van der Waals surface area contributed by atoms with Crippen LogP contribution >= 0.6 is 0 Å². The Morgan fingerprint density at radius 2 is 1.64 bits per heavy atom. The molecule has 2 fully saturated rings. The molecule has 3 amide bonds. The average molecular weight is 333 g/mol. The van der Waals surface area contributed by atoms with Gasteiger partial charge in [-0.2, -0.15) is 0 Å². The van der Waals surface area contributed by atoms with Crippen LogP contribution in [0.15, 0.2) is 54.6 Å². The molecule has 6 heteroatoms. The third-order valence-electron chi connectivity index (χ3n) is 5.47. The fourth-order valence-corrected chi connectivity index (χ4v) is 4.40. The number of amides is 3. The van der Waals surface area contributed by atoms with Crippen molar-refractivity contribution in [2.45, 2.75) is 5.54 Å². The number of carbonyl (C=O) groups is 3. The van der Waals surface area contributed by atoms with Crippen LogP contribution in [0, 0.1) is 11.8 Å². The average Bonchev–Trinajstić information content (AvgIpc) is 3.24. The Morgan fingerprint density at radius 1 is 0.920 bits per heavy atom. The maximum absolute atomic E-state index is 13.2. The highest BCUT2D eigenvalue weighted by Gasteiger charge is 2.67. The van der Waals surface area contributed by atoms with Crippen molar-refractivity contribution in [3.05, 3.63) is 60.2 Å². The van der Waals surface area contributed by atoms with Crippen molar-refractivity contribution in [2.75, 3.05) is 16.8 Å². The second kappa shape index (κ2) is 4.77. The van der Waals surface area contributed by atoms with E-state index in [0.29, 0.717) is 17.9 Å². The number of nitrogens with zero attached hydrogens (tertiary/aromatic N) is 1. The summed E-state index contributed by atoms with van der Waals surface area (Å²) in [5.41, 5.74) is 0.814. The van der Waals surface area contributed by atoms with Crippen molar-refractivity contribution in [2.24, 2.45) is 11.8 Å². The number of para-hydroxylation sites is 2. The van der Waals surface area contributed by atoms with Crippen LogP contribution in [0.5, 0.6) is 0 Å². The standard InChI is InChI=1S/C19H15N3O3/c23-16-12-10-20-19(13-8-4-5-9-14(13)21-18(19)25)15(12)17(24)22(16)11-6-2-1-3-7-11/h1-9,12,15,20H,10H2,(H,21,25). The van der Waals surface area contributed by atoms with Crippen LogP contribution in [0.1, 0.15) is 5.56 Å². The predicted octanol–water partition coefficient (Wildman–Crippen LogP) is 1.24. The summed E-state index contributed by atoms with van der Waals surface area (Å²) in [6, 6.07) is 16.2. The molecule has 3 heterocycles. The molecule has 124 valence electrons. The molecule has 0 aliphatic carbocycles. The Morgan fingerprint density at radius 3 is 2.44 bits per heavy atom. The molecule has 3 aliphatic rings. The molecule has 2 aromatic rings. The quantitative estimate of drug-likeness (QED) is 0.770. The molecule has 2 saturated heterocycles. The second-order valence-electron chi connectivity index (χ2n) is 6.62. The van der Waals surface area contributed by atoms with E-state index in [1.54, 1.807) is 24.3 Å². The lowest BCUT2D eigenvalue weighted by atomic mass is 9.77. The molecule has 5 rings (SSSR count). The monoisotopic (exact) mass is 333 g/mol. The highest BCUT2D eigenvalue weighted by atomic mass is 16.2. The number of benzene rings is 2. The largest absolute Gasteiger partial charge is 0.324 e. The summed E-state index contributed by atoms with van der Waals surface area (Å²) in [6.45, 7) is 0.306. The zero-order valence-electron chi connectivity index (χ0n) is 13.2. The van der Waals surface area contributed by atoms with E-state index in [-0.39, 0.29) is 17.7 Å². The first-order valence-corrected chi connectivity index (χ1v) is 8.23. The molecule has 0 aromatic heterocycles. The molecular weight excluding hydrogens is 318 g/mol. The van der Waals surface area contributed by atoms with E-state index in [1.807, 2.05) is 30.3 Å². The smallest absolute Gasteiger partial charge is 0.250 e. The number of anilines is 2. The first-order valence-electron chi connectivity index (χ1n) is 8.23. The molecule has 1 spiro atoms. The van der Waals surface area contributed by atoms with Gasteiger partial charge < -0.3 is 5.32 Å². The van der Waals surface area contributed by atoms with Crippen molar-refractivity contribution in [1.82, 2.24) is 5.32 Å². The Kier molecular flexibility index (Phi) is 2.74. The third-order valence-corrected chi connectivity index (χ3v) is 5.47. The van der Waals surface area contributed by atoms with E-state index in [1.165, 1.54) is 4.90 Å². The van der Waals surface area contributed by atoms with Crippen LogP contribution in [-0.2, 0) is 19.9 Å². The van der Waals surface area contributed by atoms with E-state index in [4.69, 9.17) is 0 Å². The Balaban J connectivity index is 1.65. The van der Waals surface area contributed by atoms with Crippen LogP contribution < -0.4 is 15.5 Å². The van der Waals surface area contributed by atoms with E-state index in [2.05, 4.69) is 10.6 Å². The number of nitrogens with one attached hydrogen (secondary N) is 2. The van der Waals surface area contributed by atoms with Gasteiger partial charge in [0.15, 0.2) is 0 Å². The van der Waals surface area contributed by atoms with Gasteiger partial charge in [-0.3, -0.25) is 19.7 Å². The molecule has 3 atom stereocenters. The number of rotatable bonds is 1. The van der Waals surface area contributed by atoms with Gasteiger partial charge >= 0.3 is 0 Å².